The average Bonchev–Trinajstić information content (AvgIpc) is 3.04. The Morgan fingerprint density at radius 1 is 1.07 bits per heavy atom. The number of aliphatic hydroxyl groups is 2. The summed E-state index contributed by atoms with van der Waals surface area (Å²) in [5, 5.41) is 22.2. The molecule has 0 radical (unpaired) electrons. The quantitative estimate of drug-likeness (QED) is 0.401. The van der Waals surface area contributed by atoms with Crippen LogP contribution in [0.5, 0.6) is 0 Å². The summed E-state index contributed by atoms with van der Waals surface area (Å²) in [5.41, 5.74) is 2.08. The molecule has 30 heavy (non-hydrogen) atoms. The molecule has 0 aromatic carbocycles. The summed E-state index contributed by atoms with van der Waals surface area (Å²) in [6.07, 6.45) is 15.5. The second-order valence-electron chi connectivity index (χ2n) is 10.9. The molecule has 0 amide bonds. The van der Waals surface area contributed by atoms with E-state index in [9.17, 15) is 10.2 Å². The first-order valence-corrected chi connectivity index (χ1v) is 12.8. The molecule has 3 fully saturated rings. The van der Waals surface area contributed by atoms with Gasteiger partial charge in [-0.15, -0.1) is 0 Å². The molecular formula is C25H36N2O2S. The van der Waals surface area contributed by atoms with E-state index >= 15 is 0 Å². The van der Waals surface area contributed by atoms with Crippen LogP contribution in [0.2, 0.25) is 0 Å². The van der Waals surface area contributed by atoms with E-state index in [-0.39, 0.29) is 28.5 Å². The van der Waals surface area contributed by atoms with Crippen molar-refractivity contribution < 1.29 is 10.2 Å². The molecule has 2 N–H and O–H groups in total. The topological polar surface area (TPSA) is 66.2 Å². The summed E-state index contributed by atoms with van der Waals surface area (Å²) < 4.78 is 0. The van der Waals surface area contributed by atoms with Crippen LogP contribution >= 0.6 is 11.8 Å². The third-order valence-corrected chi connectivity index (χ3v) is 10.6. The molecule has 0 aliphatic heterocycles. The van der Waals surface area contributed by atoms with Crippen molar-refractivity contribution in [3.8, 4) is 0 Å². The second-order valence-corrected chi connectivity index (χ2v) is 11.9. The fraction of sp³-hybridized carbons (Fsp3) is 0.760. The van der Waals surface area contributed by atoms with Crippen LogP contribution in [0.3, 0.4) is 0 Å². The predicted octanol–water partition coefficient (Wildman–Crippen LogP) is 5.01. The number of thioether (sulfide) groups is 1. The van der Waals surface area contributed by atoms with Crippen LogP contribution in [0.1, 0.15) is 71.6 Å². The SMILES string of the molecule is C[C@]12CC=C3C(CC[C@]4(CCSc5ncccn5)C[C@@H](O)CC[C@]34C)C1CC[C@@H]2O. The maximum absolute atomic E-state index is 10.7. The average molecular weight is 429 g/mol. The first-order chi connectivity index (χ1) is 14.4. The van der Waals surface area contributed by atoms with Gasteiger partial charge in [-0.1, -0.05) is 37.3 Å². The Hall–Kier alpha value is -0.910. The van der Waals surface area contributed by atoms with Gasteiger partial charge < -0.3 is 10.2 Å². The van der Waals surface area contributed by atoms with Gasteiger partial charge in [0.2, 0.25) is 0 Å². The number of allylic oxidation sites excluding steroid dienone is 2. The number of rotatable bonds is 4. The van der Waals surface area contributed by atoms with Gasteiger partial charge >= 0.3 is 0 Å². The number of aromatic nitrogens is 2. The fourth-order valence-corrected chi connectivity index (χ4v) is 8.79. The molecule has 2 unspecified atom stereocenters. The summed E-state index contributed by atoms with van der Waals surface area (Å²) in [7, 11) is 0. The van der Waals surface area contributed by atoms with E-state index < -0.39 is 0 Å². The third kappa shape index (κ3) is 3.10. The smallest absolute Gasteiger partial charge is 0.187 e. The van der Waals surface area contributed by atoms with E-state index in [0.29, 0.717) is 11.8 Å². The monoisotopic (exact) mass is 428 g/mol. The summed E-state index contributed by atoms with van der Waals surface area (Å²) >= 11 is 1.75. The minimum absolute atomic E-state index is 0.0687. The molecule has 3 saturated carbocycles. The van der Waals surface area contributed by atoms with E-state index in [2.05, 4.69) is 29.9 Å². The zero-order chi connectivity index (χ0) is 21.0. The molecular weight excluding hydrogens is 392 g/mol. The second kappa shape index (κ2) is 7.60. The van der Waals surface area contributed by atoms with Gasteiger partial charge in [0.25, 0.3) is 0 Å². The Balaban J connectivity index is 1.42. The van der Waals surface area contributed by atoms with Crippen LogP contribution in [-0.4, -0.2) is 38.1 Å². The number of fused-ring (bicyclic) bond motifs is 5. The standard InChI is InChI=1S/C25H36N2O2S/c1-23-9-8-20-18(19(23)4-5-21(23)29)7-11-25(16-17(28)6-10-24(20,25)2)12-15-30-22-26-13-3-14-27-22/h3,8,13-14,17-19,21,28-29H,4-7,9-12,15-16H2,1-2H3/t17-,18?,19?,21-,23-,24+,25-/m0/s1. The lowest BCUT2D eigenvalue weighted by Crippen LogP contribution is -2.55. The summed E-state index contributed by atoms with van der Waals surface area (Å²) in [6.45, 7) is 4.84. The minimum atomic E-state index is -0.171. The van der Waals surface area contributed by atoms with Crippen LogP contribution in [0.25, 0.3) is 0 Å². The Morgan fingerprint density at radius 3 is 2.67 bits per heavy atom. The maximum Gasteiger partial charge on any atom is 0.187 e. The number of hydrogen-bond donors (Lipinski definition) is 2. The Labute approximate surface area is 185 Å². The van der Waals surface area contributed by atoms with Crippen molar-refractivity contribution in [2.45, 2.75) is 89.0 Å². The molecule has 4 aliphatic carbocycles. The summed E-state index contributed by atoms with van der Waals surface area (Å²) in [5.74, 6) is 2.25. The largest absolute Gasteiger partial charge is 0.393 e. The predicted molar refractivity (Wildman–Crippen MR) is 120 cm³/mol. The van der Waals surface area contributed by atoms with Gasteiger partial charge in [0.15, 0.2) is 5.16 Å². The fourth-order valence-electron chi connectivity index (χ4n) is 7.84. The molecule has 0 spiro atoms. The van der Waals surface area contributed by atoms with Crippen LogP contribution in [0.15, 0.2) is 35.3 Å². The Kier molecular flexibility index (Phi) is 5.31. The molecule has 1 heterocycles. The highest BCUT2D eigenvalue weighted by Gasteiger charge is 2.61. The lowest BCUT2D eigenvalue weighted by Gasteiger charge is -2.62. The molecule has 0 bridgehead atoms. The number of hydrogen-bond acceptors (Lipinski definition) is 5. The van der Waals surface area contributed by atoms with Gasteiger partial charge in [0.1, 0.15) is 0 Å². The normalized spacial score (nSPS) is 45.3. The van der Waals surface area contributed by atoms with Crippen LogP contribution in [0, 0.1) is 28.1 Å². The Morgan fingerprint density at radius 2 is 1.87 bits per heavy atom. The molecule has 0 saturated heterocycles. The van der Waals surface area contributed by atoms with Crippen molar-refractivity contribution in [2.24, 2.45) is 28.1 Å². The van der Waals surface area contributed by atoms with E-state index in [1.165, 1.54) is 19.3 Å². The van der Waals surface area contributed by atoms with Gasteiger partial charge in [-0.05, 0) is 86.5 Å². The van der Waals surface area contributed by atoms with Gasteiger partial charge in [0, 0.05) is 23.6 Å². The first kappa shape index (κ1) is 21.0. The highest BCUT2D eigenvalue weighted by atomic mass is 32.2. The van der Waals surface area contributed by atoms with Crippen LogP contribution < -0.4 is 0 Å². The van der Waals surface area contributed by atoms with Crippen molar-refractivity contribution in [3.63, 3.8) is 0 Å². The highest BCUT2D eigenvalue weighted by Crippen LogP contribution is 2.69. The number of aliphatic hydroxyl groups excluding tert-OH is 2. The lowest BCUT2D eigenvalue weighted by atomic mass is 9.42. The maximum atomic E-state index is 10.7. The van der Waals surface area contributed by atoms with Crippen LogP contribution in [0.4, 0.5) is 0 Å². The van der Waals surface area contributed by atoms with Crippen molar-refractivity contribution in [1.82, 2.24) is 9.97 Å². The zero-order valence-corrected chi connectivity index (χ0v) is 19.2. The molecule has 1 aromatic rings. The van der Waals surface area contributed by atoms with Crippen molar-refractivity contribution in [1.29, 1.82) is 0 Å². The molecule has 1 aromatic heterocycles. The molecule has 164 valence electrons. The van der Waals surface area contributed by atoms with E-state index in [1.54, 1.807) is 17.3 Å². The molecule has 5 rings (SSSR count). The van der Waals surface area contributed by atoms with Crippen molar-refractivity contribution >= 4 is 11.8 Å². The lowest BCUT2D eigenvalue weighted by molar-refractivity contribution is -0.0866. The van der Waals surface area contributed by atoms with Gasteiger partial charge in [0.05, 0.1) is 12.2 Å². The summed E-state index contributed by atoms with van der Waals surface area (Å²) in [4.78, 5) is 8.76. The molecule has 7 atom stereocenters. The molecule has 4 nitrogen and oxygen atoms in total. The summed E-state index contributed by atoms with van der Waals surface area (Å²) in [6, 6.07) is 1.86. The van der Waals surface area contributed by atoms with Gasteiger partial charge in [-0.3, -0.25) is 0 Å². The van der Waals surface area contributed by atoms with Crippen molar-refractivity contribution in [2.75, 3.05) is 5.75 Å². The molecule has 5 heteroatoms. The van der Waals surface area contributed by atoms with E-state index in [1.807, 2.05) is 18.5 Å². The van der Waals surface area contributed by atoms with Crippen LogP contribution in [-0.2, 0) is 0 Å². The van der Waals surface area contributed by atoms with Crippen molar-refractivity contribution in [3.05, 3.63) is 30.1 Å². The first-order valence-electron chi connectivity index (χ1n) is 11.8. The molecule has 4 aliphatic rings. The van der Waals surface area contributed by atoms with Gasteiger partial charge in [-0.25, -0.2) is 9.97 Å². The highest BCUT2D eigenvalue weighted by molar-refractivity contribution is 7.99. The third-order valence-electron chi connectivity index (χ3n) is 9.71. The van der Waals surface area contributed by atoms with E-state index in [4.69, 9.17) is 0 Å². The Bertz CT molecular complexity index is 817. The zero-order valence-electron chi connectivity index (χ0n) is 18.4. The minimum Gasteiger partial charge on any atom is -0.393 e. The number of nitrogens with zero attached hydrogens (tertiary/aromatic N) is 2. The van der Waals surface area contributed by atoms with E-state index in [0.717, 1.165) is 49.4 Å². The van der Waals surface area contributed by atoms with Gasteiger partial charge in [-0.2, -0.15) is 0 Å².